The highest BCUT2D eigenvalue weighted by atomic mass is 19.1. The van der Waals surface area contributed by atoms with Crippen LogP contribution in [-0.2, 0) is 13.5 Å². The first-order chi connectivity index (χ1) is 10.1. The largest absolute Gasteiger partial charge is 0.338 e. The van der Waals surface area contributed by atoms with Gasteiger partial charge in [0.25, 0.3) is 0 Å². The van der Waals surface area contributed by atoms with Crippen molar-refractivity contribution < 1.29 is 8.78 Å². The van der Waals surface area contributed by atoms with E-state index in [4.69, 9.17) is 0 Å². The Balaban J connectivity index is 2.13. The van der Waals surface area contributed by atoms with Crippen LogP contribution in [0, 0.1) is 11.6 Å². The summed E-state index contributed by atoms with van der Waals surface area (Å²) in [4.78, 5) is 4.27. The first-order valence-electron chi connectivity index (χ1n) is 7.26. The van der Waals surface area contributed by atoms with Crippen LogP contribution >= 0.6 is 0 Å². The Morgan fingerprint density at radius 2 is 2.14 bits per heavy atom. The zero-order chi connectivity index (χ0) is 15.2. The molecule has 2 aromatic rings. The van der Waals surface area contributed by atoms with Crippen molar-refractivity contribution in [2.24, 2.45) is 7.05 Å². The van der Waals surface area contributed by atoms with Gasteiger partial charge in [0.15, 0.2) is 0 Å². The van der Waals surface area contributed by atoms with Crippen LogP contribution in [0.15, 0.2) is 30.6 Å². The lowest BCUT2D eigenvalue weighted by molar-refractivity contribution is 0.463. The molecule has 0 spiro atoms. The van der Waals surface area contributed by atoms with Gasteiger partial charge in [0.1, 0.15) is 17.5 Å². The fourth-order valence-electron chi connectivity index (χ4n) is 2.38. The normalized spacial score (nSPS) is 12.6. The predicted molar refractivity (Wildman–Crippen MR) is 78.9 cm³/mol. The van der Waals surface area contributed by atoms with Crippen molar-refractivity contribution in [2.75, 3.05) is 6.54 Å². The summed E-state index contributed by atoms with van der Waals surface area (Å²) in [7, 11) is 1.93. The van der Waals surface area contributed by atoms with Gasteiger partial charge in [-0.3, -0.25) is 0 Å². The average molecular weight is 293 g/mol. The van der Waals surface area contributed by atoms with Crippen LogP contribution < -0.4 is 5.32 Å². The molecule has 0 saturated carbocycles. The van der Waals surface area contributed by atoms with Crippen molar-refractivity contribution in [3.8, 4) is 0 Å². The molecular formula is C16H21F2N3. The molecule has 0 radical (unpaired) electrons. The number of halogens is 2. The highest BCUT2D eigenvalue weighted by Crippen LogP contribution is 2.23. The molecule has 1 aromatic heterocycles. The maximum absolute atomic E-state index is 14.0. The molecule has 0 saturated heterocycles. The van der Waals surface area contributed by atoms with Crippen LogP contribution in [0.2, 0.25) is 0 Å². The minimum atomic E-state index is -0.410. The smallest absolute Gasteiger partial charge is 0.128 e. The number of benzene rings is 1. The van der Waals surface area contributed by atoms with Gasteiger partial charge < -0.3 is 9.88 Å². The number of aryl methyl sites for hydroxylation is 2. The lowest BCUT2D eigenvalue weighted by Crippen LogP contribution is -2.24. The topological polar surface area (TPSA) is 29.9 Å². The molecule has 0 aliphatic carbocycles. The molecule has 1 heterocycles. The Morgan fingerprint density at radius 3 is 2.81 bits per heavy atom. The molecule has 0 aliphatic heterocycles. The van der Waals surface area contributed by atoms with E-state index in [9.17, 15) is 8.78 Å². The van der Waals surface area contributed by atoms with Crippen molar-refractivity contribution in [1.82, 2.24) is 14.9 Å². The van der Waals surface area contributed by atoms with Crippen LogP contribution in [0.25, 0.3) is 0 Å². The number of aromatic nitrogens is 2. The van der Waals surface area contributed by atoms with Crippen molar-refractivity contribution in [1.29, 1.82) is 0 Å². The van der Waals surface area contributed by atoms with Crippen LogP contribution in [0.5, 0.6) is 0 Å². The first-order valence-corrected chi connectivity index (χ1v) is 7.26. The molecule has 1 atom stereocenters. The van der Waals surface area contributed by atoms with Crippen LogP contribution in [0.3, 0.4) is 0 Å². The Hall–Kier alpha value is -1.75. The minimum absolute atomic E-state index is 0.211. The fraction of sp³-hybridized carbons (Fsp3) is 0.438. The SMILES string of the molecule is CCCNC(CCc1nccn1C)c1cc(F)ccc1F. The molecule has 0 fully saturated rings. The molecule has 3 nitrogen and oxygen atoms in total. The van der Waals surface area contributed by atoms with Gasteiger partial charge in [-0.2, -0.15) is 0 Å². The molecule has 0 aliphatic rings. The molecule has 114 valence electrons. The number of rotatable bonds is 7. The molecule has 5 heteroatoms. The monoisotopic (exact) mass is 293 g/mol. The average Bonchev–Trinajstić information content (AvgIpc) is 2.87. The van der Waals surface area contributed by atoms with Crippen molar-refractivity contribution in [2.45, 2.75) is 32.2 Å². The minimum Gasteiger partial charge on any atom is -0.338 e. The Bertz CT molecular complexity index is 581. The van der Waals surface area contributed by atoms with Crippen LogP contribution in [-0.4, -0.2) is 16.1 Å². The third kappa shape index (κ3) is 4.11. The zero-order valence-electron chi connectivity index (χ0n) is 12.4. The van der Waals surface area contributed by atoms with Crippen molar-refractivity contribution >= 4 is 0 Å². The van der Waals surface area contributed by atoms with Crippen molar-refractivity contribution in [3.05, 3.63) is 53.6 Å². The second kappa shape index (κ2) is 7.31. The predicted octanol–water partition coefficient (Wildman–Crippen LogP) is 3.37. The third-order valence-corrected chi connectivity index (χ3v) is 3.55. The van der Waals surface area contributed by atoms with Crippen LogP contribution in [0.4, 0.5) is 8.78 Å². The van der Waals surface area contributed by atoms with Gasteiger partial charge in [-0.1, -0.05) is 6.92 Å². The van der Waals surface area contributed by atoms with E-state index in [0.29, 0.717) is 18.4 Å². The lowest BCUT2D eigenvalue weighted by Gasteiger charge is -2.19. The third-order valence-electron chi connectivity index (χ3n) is 3.55. The van der Waals surface area contributed by atoms with Gasteiger partial charge in [0.2, 0.25) is 0 Å². The summed E-state index contributed by atoms with van der Waals surface area (Å²) in [5.74, 6) is 0.159. The van der Waals surface area contributed by atoms with E-state index in [1.54, 1.807) is 6.20 Å². The van der Waals surface area contributed by atoms with Gasteiger partial charge in [-0.15, -0.1) is 0 Å². The van der Waals surface area contributed by atoms with Crippen molar-refractivity contribution in [3.63, 3.8) is 0 Å². The highest BCUT2D eigenvalue weighted by molar-refractivity contribution is 5.22. The number of hydrogen-bond acceptors (Lipinski definition) is 2. The van der Waals surface area contributed by atoms with Crippen LogP contribution in [0.1, 0.15) is 37.2 Å². The molecule has 2 rings (SSSR count). The quantitative estimate of drug-likeness (QED) is 0.848. The van der Waals surface area contributed by atoms with E-state index in [1.165, 1.54) is 12.1 Å². The molecule has 0 bridgehead atoms. The second-order valence-electron chi connectivity index (χ2n) is 5.17. The zero-order valence-corrected chi connectivity index (χ0v) is 12.4. The molecule has 1 N–H and O–H groups in total. The van der Waals surface area contributed by atoms with Gasteiger partial charge >= 0.3 is 0 Å². The summed E-state index contributed by atoms with van der Waals surface area (Å²) in [5, 5.41) is 3.29. The van der Waals surface area contributed by atoms with E-state index in [2.05, 4.69) is 10.3 Å². The molecular weight excluding hydrogens is 272 g/mol. The van der Waals surface area contributed by atoms with E-state index in [1.807, 2.05) is 24.7 Å². The number of hydrogen-bond donors (Lipinski definition) is 1. The lowest BCUT2D eigenvalue weighted by atomic mass is 10.0. The van der Waals surface area contributed by atoms with Gasteiger partial charge in [-0.25, -0.2) is 13.8 Å². The summed E-state index contributed by atoms with van der Waals surface area (Å²) in [6, 6.07) is 3.40. The number of imidazole rings is 1. The number of nitrogens with zero attached hydrogens (tertiary/aromatic N) is 2. The van der Waals surface area contributed by atoms with E-state index in [-0.39, 0.29) is 11.9 Å². The van der Waals surface area contributed by atoms with Gasteiger partial charge in [0, 0.05) is 37.5 Å². The molecule has 1 aromatic carbocycles. The Kier molecular flexibility index (Phi) is 5.44. The molecule has 0 amide bonds. The van der Waals surface area contributed by atoms with Gasteiger partial charge in [-0.05, 0) is 37.6 Å². The Labute approximate surface area is 124 Å². The summed E-state index contributed by atoms with van der Waals surface area (Å²) in [6.45, 7) is 2.81. The number of nitrogens with one attached hydrogen (secondary N) is 1. The summed E-state index contributed by atoms with van der Waals surface area (Å²) in [5.41, 5.74) is 0.387. The second-order valence-corrected chi connectivity index (χ2v) is 5.17. The maximum atomic E-state index is 14.0. The summed E-state index contributed by atoms with van der Waals surface area (Å²) >= 11 is 0. The molecule has 1 unspecified atom stereocenters. The summed E-state index contributed by atoms with van der Waals surface area (Å²) in [6.07, 6.45) is 5.95. The summed E-state index contributed by atoms with van der Waals surface area (Å²) < 4.78 is 29.3. The first kappa shape index (κ1) is 15.6. The van der Waals surface area contributed by atoms with E-state index < -0.39 is 5.82 Å². The molecule has 21 heavy (non-hydrogen) atoms. The standard InChI is InChI=1S/C16H21F2N3/c1-3-8-19-15(6-7-16-20-9-10-21(16)2)13-11-12(17)4-5-14(13)18/h4-5,9-11,15,19H,3,6-8H2,1-2H3. The maximum Gasteiger partial charge on any atom is 0.128 e. The van der Waals surface area contributed by atoms with E-state index >= 15 is 0 Å². The van der Waals surface area contributed by atoms with E-state index in [0.717, 1.165) is 24.9 Å². The Morgan fingerprint density at radius 1 is 1.33 bits per heavy atom. The highest BCUT2D eigenvalue weighted by Gasteiger charge is 2.17. The van der Waals surface area contributed by atoms with Gasteiger partial charge in [0.05, 0.1) is 0 Å². The fourth-order valence-corrected chi connectivity index (χ4v) is 2.38.